The summed E-state index contributed by atoms with van der Waals surface area (Å²) in [5.41, 5.74) is -0.569. The Morgan fingerprint density at radius 3 is 2.35 bits per heavy atom. The molecular formula is C11H19NO4S. The van der Waals surface area contributed by atoms with E-state index in [1.807, 2.05) is 0 Å². The highest BCUT2D eigenvalue weighted by Crippen LogP contribution is 2.22. The Kier molecular flexibility index (Phi) is 5.62. The minimum absolute atomic E-state index is 0.0688. The largest absolute Gasteiger partial charge is 0.480 e. The van der Waals surface area contributed by atoms with Crippen molar-refractivity contribution in [1.82, 2.24) is 0 Å². The molecule has 0 saturated heterocycles. The molecule has 0 spiro atoms. The van der Waals surface area contributed by atoms with Gasteiger partial charge < -0.3 is 5.11 Å². The van der Waals surface area contributed by atoms with Crippen LogP contribution in [0.5, 0.6) is 0 Å². The molecular weight excluding hydrogens is 242 g/mol. The van der Waals surface area contributed by atoms with Gasteiger partial charge >= 0.3 is 5.97 Å². The van der Waals surface area contributed by atoms with Gasteiger partial charge in [-0.3, -0.25) is 4.79 Å². The minimum atomic E-state index is -3.61. The summed E-state index contributed by atoms with van der Waals surface area (Å²) in [6.07, 6.45) is 0.824. The number of hydrogen-bond donors (Lipinski definition) is 1. The second-order valence-electron chi connectivity index (χ2n) is 4.70. The fourth-order valence-electron chi connectivity index (χ4n) is 1.50. The van der Waals surface area contributed by atoms with Crippen LogP contribution < -0.4 is 0 Å². The second kappa shape index (κ2) is 6.01. The monoisotopic (exact) mass is 261 g/mol. The van der Waals surface area contributed by atoms with Crippen molar-refractivity contribution in [3.05, 3.63) is 0 Å². The van der Waals surface area contributed by atoms with E-state index >= 15 is 0 Å². The molecule has 1 unspecified atom stereocenters. The van der Waals surface area contributed by atoms with Gasteiger partial charge in [-0.1, -0.05) is 6.92 Å². The number of nitriles is 1. The lowest BCUT2D eigenvalue weighted by molar-refractivity contribution is -0.136. The molecule has 5 nitrogen and oxygen atoms in total. The number of carboxylic acids is 1. The summed E-state index contributed by atoms with van der Waals surface area (Å²) in [5.74, 6) is -1.48. The second-order valence-corrected chi connectivity index (χ2v) is 7.00. The maximum Gasteiger partial charge on any atom is 0.321 e. The first-order chi connectivity index (χ1) is 7.66. The lowest BCUT2D eigenvalue weighted by Crippen LogP contribution is -2.31. The molecule has 0 aliphatic heterocycles. The number of sulfone groups is 1. The summed E-state index contributed by atoms with van der Waals surface area (Å²) < 4.78 is 23.4. The molecule has 0 radical (unpaired) electrons. The van der Waals surface area contributed by atoms with Crippen molar-refractivity contribution in [2.45, 2.75) is 45.3 Å². The van der Waals surface area contributed by atoms with Crippen LogP contribution in [0.25, 0.3) is 0 Å². The number of rotatable bonds is 7. The van der Waals surface area contributed by atoms with Crippen LogP contribution in [0.2, 0.25) is 0 Å². The molecule has 1 atom stereocenters. The molecule has 98 valence electrons. The summed E-state index contributed by atoms with van der Waals surface area (Å²) in [7, 11) is -3.61. The predicted octanol–water partition coefficient (Wildman–Crippen LogP) is 1.59. The van der Waals surface area contributed by atoms with Gasteiger partial charge in [0.15, 0.2) is 15.1 Å². The van der Waals surface area contributed by atoms with Gasteiger partial charge in [-0.2, -0.15) is 5.26 Å². The normalized spacial score (nSPS) is 14.0. The van der Waals surface area contributed by atoms with Gasteiger partial charge in [0.2, 0.25) is 0 Å². The van der Waals surface area contributed by atoms with E-state index in [9.17, 15) is 13.2 Å². The van der Waals surface area contributed by atoms with Crippen molar-refractivity contribution >= 4 is 15.8 Å². The van der Waals surface area contributed by atoms with Crippen LogP contribution in [0.3, 0.4) is 0 Å². The van der Waals surface area contributed by atoms with E-state index in [-0.39, 0.29) is 12.2 Å². The molecule has 0 fully saturated rings. The molecule has 0 heterocycles. The SMILES string of the molecule is CCC(C(=O)O)S(=O)(=O)CCCC(C)(C)C#N. The van der Waals surface area contributed by atoms with Gasteiger partial charge in [0.1, 0.15) is 0 Å². The van der Waals surface area contributed by atoms with E-state index in [1.165, 1.54) is 6.92 Å². The van der Waals surface area contributed by atoms with Gasteiger partial charge in [-0.05, 0) is 33.1 Å². The smallest absolute Gasteiger partial charge is 0.321 e. The molecule has 0 bridgehead atoms. The Hall–Kier alpha value is -1.09. The Bertz CT molecular complexity index is 406. The van der Waals surface area contributed by atoms with Gasteiger partial charge in [-0.15, -0.1) is 0 Å². The maximum atomic E-state index is 11.7. The average Bonchev–Trinajstić information content (AvgIpc) is 2.16. The van der Waals surface area contributed by atoms with E-state index in [1.54, 1.807) is 13.8 Å². The van der Waals surface area contributed by atoms with Crippen LogP contribution in [0.4, 0.5) is 0 Å². The number of hydrogen-bond acceptors (Lipinski definition) is 4. The molecule has 17 heavy (non-hydrogen) atoms. The van der Waals surface area contributed by atoms with Crippen molar-refractivity contribution in [3.8, 4) is 6.07 Å². The highest BCUT2D eigenvalue weighted by Gasteiger charge is 2.30. The number of nitrogens with zero attached hydrogens (tertiary/aromatic N) is 1. The topological polar surface area (TPSA) is 95.2 Å². The van der Waals surface area contributed by atoms with Crippen molar-refractivity contribution in [3.63, 3.8) is 0 Å². The third-order valence-corrected chi connectivity index (χ3v) is 4.87. The minimum Gasteiger partial charge on any atom is -0.480 e. The highest BCUT2D eigenvalue weighted by molar-refractivity contribution is 7.92. The fourth-order valence-corrected chi connectivity index (χ4v) is 3.14. The molecule has 6 heteroatoms. The molecule has 0 aliphatic carbocycles. The zero-order chi connectivity index (χ0) is 13.7. The maximum absolute atomic E-state index is 11.7. The Balaban J connectivity index is 4.49. The van der Waals surface area contributed by atoms with Crippen LogP contribution in [-0.2, 0) is 14.6 Å². The zero-order valence-corrected chi connectivity index (χ0v) is 11.2. The van der Waals surface area contributed by atoms with Crippen molar-refractivity contribution in [1.29, 1.82) is 5.26 Å². The van der Waals surface area contributed by atoms with Gasteiger partial charge in [-0.25, -0.2) is 8.42 Å². The molecule has 0 aromatic carbocycles. The molecule has 0 amide bonds. The molecule has 0 aromatic rings. The van der Waals surface area contributed by atoms with E-state index in [2.05, 4.69) is 6.07 Å². The van der Waals surface area contributed by atoms with Gasteiger partial charge in [0, 0.05) is 0 Å². The van der Waals surface area contributed by atoms with Crippen LogP contribution in [0.15, 0.2) is 0 Å². The Morgan fingerprint density at radius 1 is 1.47 bits per heavy atom. The third kappa shape index (κ3) is 5.18. The van der Waals surface area contributed by atoms with Crippen molar-refractivity contribution in [2.24, 2.45) is 5.41 Å². The van der Waals surface area contributed by atoms with Crippen molar-refractivity contribution in [2.75, 3.05) is 5.75 Å². The molecule has 0 saturated carbocycles. The van der Waals surface area contributed by atoms with Crippen molar-refractivity contribution < 1.29 is 18.3 Å². The number of carboxylic acid groups (broad SMARTS) is 1. The Morgan fingerprint density at radius 2 is 2.00 bits per heavy atom. The van der Waals surface area contributed by atoms with Crippen LogP contribution >= 0.6 is 0 Å². The lowest BCUT2D eigenvalue weighted by atomic mass is 9.90. The third-order valence-electron chi connectivity index (χ3n) is 2.61. The van der Waals surface area contributed by atoms with E-state index in [0.717, 1.165) is 0 Å². The molecule has 0 aliphatic rings. The number of aliphatic carboxylic acids is 1. The van der Waals surface area contributed by atoms with E-state index in [4.69, 9.17) is 10.4 Å². The average molecular weight is 261 g/mol. The van der Waals surface area contributed by atoms with Gasteiger partial charge in [0.25, 0.3) is 0 Å². The first kappa shape index (κ1) is 15.9. The summed E-state index contributed by atoms with van der Waals surface area (Å²) in [6.45, 7) is 5.00. The van der Waals surface area contributed by atoms with Crippen LogP contribution in [0.1, 0.15) is 40.0 Å². The molecule has 1 N–H and O–H groups in total. The molecule has 0 rings (SSSR count). The summed E-state index contributed by atoms with van der Waals surface area (Å²) >= 11 is 0. The summed E-state index contributed by atoms with van der Waals surface area (Å²) in [4.78, 5) is 10.8. The van der Waals surface area contributed by atoms with Gasteiger partial charge in [0.05, 0.1) is 17.2 Å². The highest BCUT2D eigenvalue weighted by atomic mass is 32.2. The molecule has 0 aromatic heterocycles. The first-order valence-electron chi connectivity index (χ1n) is 5.52. The lowest BCUT2D eigenvalue weighted by Gasteiger charge is -2.16. The van der Waals surface area contributed by atoms with Crippen LogP contribution in [-0.4, -0.2) is 30.5 Å². The van der Waals surface area contributed by atoms with E-state index < -0.39 is 26.5 Å². The predicted molar refractivity (Wildman–Crippen MR) is 64.1 cm³/mol. The number of carbonyl (C=O) groups is 1. The fraction of sp³-hybridized carbons (Fsp3) is 0.818. The zero-order valence-electron chi connectivity index (χ0n) is 10.4. The quantitative estimate of drug-likeness (QED) is 0.751. The van der Waals surface area contributed by atoms with E-state index in [0.29, 0.717) is 12.8 Å². The Labute approximate surface area is 102 Å². The van der Waals surface area contributed by atoms with Crippen LogP contribution in [0, 0.1) is 16.7 Å². The standard InChI is InChI=1S/C11H19NO4S/c1-4-9(10(13)14)17(15,16)7-5-6-11(2,3)8-12/h9H,4-7H2,1-3H3,(H,13,14). The summed E-state index contributed by atoms with van der Waals surface area (Å²) in [6, 6.07) is 2.08. The first-order valence-corrected chi connectivity index (χ1v) is 7.23. The summed E-state index contributed by atoms with van der Waals surface area (Å²) in [5, 5.41) is 16.2.